The van der Waals surface area contributed by atoms with Crippen molar-refractivity contribution in [3.63, 3.8) is 0 Å². The Morgan fingerprint density at radius 1 is 1.63 bits per heavy atom. The molecule has 6 heteroatoms. The average molecular weight is 265 g/mol. The number of anilines is 1. The zero-order valence-corrected chi connectivity index (χ0v) is 11.0. The molecule has 0 aliphatic carbocycles. The monoisotopic (exact) mass is 265 g/mol. The van der Waals surface area contributed by atoms with E-state index in [4.69, 9.17) is 4.74 Å². The molecule has 19 heavy (non-hydrogen) atoms. The summed E-state index contributed by atoms with van der Waals surface area (Å²) < 4.78 is 5.18. The number of hydrogen-bond acceptors (Lipinski definition) is 5. The molecule has 0 spiro atoms. The van der Waals surface area contributed by atoms with Crippen LogP contribution in [0.2, 0.25) is 0 Å². The molecule has 2 rings (SSSR count). The maximum Gasteiger partial charge on any atom is 0.269 e. The van der Waals surface area contributed by atoms with Crippen molar-refractivity contribution in [1.29, 1.82) is 0 Å². The van der Waals surface area contributed by atoms with Gasteiger partial charge >= 0.3 is 0 Å². The molecule has 1 aromatic heterocycles. The van der Waals surface area contributed by atoms with Crippen LogP contribution in [0.25, 0.3) is 0 Å². The molecule has 1 aliphatic heterocycles. The van der Waals surface area contributed by atoms with Crippen molar-refractivity contribution in [2.75, 3.05) is 31.6 Å². The quantitative estimate of drug-likeness (QED) is 0.717. The summed E-state index contributed by atoms with van der Waals surface area (Å²) in [5, 5.41) is 15.9. The summed E-state index contributed by atoms with van der Waals surface area (Å²) in [5.74, 6) is -0.200. The number of rotatable bonds is 5. The SMILES string of the molecule is CCNC(=O)c1cc(NCC2(O)CCOC2)ccn1. The number of pyridine rings is 1. The smallest absolute Gasteiger partial charge is 0.269 e. The van der Waals surface area contributed by atoms with Gasteiger partial charge in [0.2, 0.25) is 0 Å². The molecule has 0 radical (unpaired) electrons. The largest absolute Gasteiger partial charge is 0.386 e. The minimum atomic E-state index is -0.824. The molecule has 1 aromatic rings. The molecule has 2 heterocycles. The van der Waals surface area contributed by atoms with Gasteiger partial charge in [0.1, 0.15) is 11.3 Å². The first-order valence-corrected chi connectivity index (χ1v) is 6.41. The van der Waals surface area contributed by atoms with Crippen molar-refractivity contribution in [1.82, 2.24) is 10.3 Å². The maximum atomic E-state index is 11.6. The van der Waals surface area contributed by atoms with Gasteiger partial charge in [-0.15, -0.1) is 0 Å². The third-order valence-electron chi connectivity index (χ3n) is 3.03. The first-order valence-electron chi connectivity index (χ1n) is 6.41. The normalized spacial score (nSPS) is 22.2. The number of nitrogens with zero attached hydrogens (tertiary/aromatic N) is 1. The average Bonchev–Trinajstić information content (AvgIpc) is 2.85. The van der Waals surface area contributed by atoms with Gasteiger partial charge in [-0.25, -0.2) is 0 Å². The number of ether oxygens (including phenoxy) is 1. The van der Waals surface area contributed by atoms with Crippen LogP contribution in [0.5, 0.6) is 0 Å². The van der Waals surface area contributed by atoms with E-state index in [1.807, 2.05) is 6.92 Å². The lowest BCUT2D eigenvalue weighted by molar-refractivity contribution is 0.0382. The Balaban J connectivity index is 1.97. The van der Waals surface area contributed by atoms with E-state index in [2.05, 4.69) is 15.6 Å². The summed E-state index contributed by atoms with van der Waals surface area (Å²) in [7, 11) is 0. The van der Waals surface area contributed by atoms with Crippen LogP contribution in [0.4, 0.5) is 5.69 Å². The molecule has 1 unspecified atom stereocenters. The van der Waals surface area contributed by atoms with E-state index in [0.717, 1.165) is 5.69 Å². The molecule has 104 valence electrons. The molecule has 1 amide bonds. The highest BCUT2D eigenvalue weighted by Gasteiger charge is 2.31. The summed E-state index contributed by atoms with van der Waals surface area (Å²) in [6, 6.07) is 3.44. The van der Waals surface area contributed by atoms with Gasteiger partial charge in [-0.3, -0.25) is 9.78 Å². The van der Waals surface area contributed by atoms with Crippen molar-refractivity contribution in [3.8, 4) is 0 Å². The second-order valence-corrected chi connectivity index (χ2v) is 4.67. The Hall–Kier alpha value is -1.66. The molecule has 1 atom stereocenters. The summed E-state index contributed by atoms with van der Waals surface area (Å²) >= 11 is 0. The van der Waals surface area contributed by atoms with Gasteiger partial charge in [0, 0.05) is 38.0 Å². The van der Waals surface area contributed by atoms with Crippen LogP contribution in [0.1, 0.15) is 23.8 Å². The number of amides is 1. The van der Waals surface area contributed by atoms with E-state index in [0.29, 0.717) is 38.4 Å². The van der Waals surface area contributed by atoms with Crippen molar-refractivity contribution >= 4 is 11.6 Å². The molecule has 6 nitrogen and oxygen atoms in total. The van der Waals surface area contributed by atoms with Crippen LogP contribution in [0.3, 0.4) is 0 Å². The zero-order valence-electron chi connectivity index (χ0n) is 11.0. The Labute approximate surface area is 112 Å². The van der Waals surface area contributed by atoms with Gasteiger partial charge in [-0.2, -0.15) is 0 Å². The fourth-order valence-electron chi connectivity index (χ4n) is 1.92. The van der Waals surface area contributed by atoms with E-state index in [-0.39, 0.29) is 5.91 Å². The summed E-state index contributed by atoms with van der Waals surface area (Å²) in [5.41, 5.74) is 0.299. The van der Waals surface area contributed by atoms with Crippen molar-refractivity contribution < 1.29 is 14.6 Å². The maximum absolute atomic E-state index is 11.6. The Bertz CT molecular complexity index is 445. The van der Waals surface area contributed by atoms with Crippen molar-refractivity contribution in [2.24, 2.45) is 0 Å². The summed E-state index contributed by atoms with van der Waals surface area (Å²) in [4.78, 5) is 15.7. The highest BCUT2D eigenvalue weighted by molar-refractivity contribution is 5.93. The van der Waals surface area contributed by atoms with E-state index < -0.39 is 5.60 Å². The van der Waals surface area contributed by atoms with Gasteiger partial charge in [0.15, 0.2) is 0 Å². The number of hydrogen-bond donors (Lipinski definition) is 3. The van der Waals surface area contributed by atoms with Crippen LogP contribution >= 0.6 is 0 Å². The molecule has 1 saturated heterocycles. The first kappa shape index (κ1) is 13.8. The Kier molecular flexibility index (Phi) is 4.34. The van der Waals surface area contributed by atoms with Gasteiger partial charge in [-0.05, 0) is 19.1 Å². The number of carbonyl (C=O) groups is 1. The zero-order chi connectivity index (χ0) is 13.7. The standard InChI is InChI=1S/C13H19N3O3/c1-2-14-12(17)11-7-10(3-5-15-11)16-8-13(18)4-6-19-9-13/h3,5,7,18H,2,4,6,8-9H2,1H3,(H,14,17)(H,15,16). The second-order valence-electron chi connectivity index (χ2n) is 4.67. The van der Waals surface area contributed by atoms with E-state index >= 15 is 0 Å². The fraction of sp³-hybridized carbons (Fsp3) is 0.538. The fourth-order valence-corrected chi connectivity index (χ4v) is 1.92. The molecule has 0 bridgehead atoms. The lowest BCUT2D eigenvalue weighted by Gasteiger charge is -2.21. The Morgan fingerprint density at radius 2 is 2.47 bits per heavy atom. The molecular formula is C13H19N3O3. The van der Waals surface area contributed by atoms with Crippen LogP contribution in [0.15, 0.2) is 18.3 Å². The number of carbonyl (C=O) groups excluding carboxylic acids is 1. The van der Waals surface area contributed by atoms with Crippen LogP contribution in [0, 0.1) is 0 Å². The minimum absolute atomic E-state index is 0.200. The predicted octanol–water partition coefficient (Wildman–Crippen LogP) is 0.395. The minimum Gasteiger partial charge on any atom is -0.386 e. The van der Waals surface area contributed by atoms with Gasteiger partial charge in [0.05, 0.1) is 6.61 Å². The van der Waals surface area contributed by atoms with Crippen molar-refractivity contribution in [3.05, 3.63) is 24.0 Å². The summed E-state index contributed by atoms with van der Waals surface area (Å²) in [6.45, 7) is 3.74. The number of aromatic nitrogens is 1. The van der Waals surface area contributed by atoms with Crippen LogP contribution in [-0.4, -0.2) is 47.9 Å². The van der Waals surface area contributed by atoms with Gasteiger partial charge < -0.3 is 20.5 Å². The van der Waals surface area contributed by atoms with Gasteiger partial charge in [0.25, 0.3) is 5.91 Å². The molecule has 3 N–H and O–H groups in total. The van der Waals surface area contributed by atoms with Crippen molar-refractivity contribution in [2.45, 2.75) is 18.9 Å². The highest BCUT2D eigenvalue weighted by Crippen LogP contribution is 2.19. The molecule has 1 aliphatic rings. The second kappa shape index (κ2) is 5.99. The van der Waals surface area contributed by atoms with E-state index in [9.17, 15) is 9.90 Å². The first-order chi connectivity index (χ1) is 9.13. The Morgan fingerprint density at radius 3 is 3.16 bits per heavy atom. The molecule has 0 aromatic carbocycles. The third-order valence-corrected chi connectivity index (χ3v) is 3.03. The van der Waals surface area contributed by atoms with Gasteiger partial charge in [-0.1, -0.05) is 0 Å². The molecule has 0 saturated carbocycles. The number of nitrogens with one attached hydrogen (secondary N) is 2. The lowest BCUT2D eigenvalue weighted by atomic mass is 10.0. The third kappa shape index (κ3) is 3.65. The predicted molar refractivity (Wildman–Crippen MR) is 71.1 cm³/mol. The number of aliphatic hydroxyl groups is 1. The summed E-state index contributed by atoms with van der Waals surface area (Å²) in [6.07, 6.45) is 2.19. The highest BCUT2D eigenvalue weighted by atomic mass is 16.5. The van der Waals surface area contributed by atoms with Crippen LogP contribution in [-0.2, 0) is 4.74 Å². The lowest BCUT2D eigenvalue weighted by Crippen LogP contribution is -2.37. The van der Waals surface area contributed by atoms with E-state index in [1.54, 1.807) is 18.3 Å². The molecular weight excluding hydrogens is 246 g/mol. The topological polar surface area (TPSA) is 83.5 Å². The van der Waals surface area contributed by atoms with E-state index in [1.165, 1.54) is 0 Å². The van der Waals surface area contributed by atoms with Crippen LogP contribution < -0.4 is 10.6 Å². The molecule has 1 fully saturated rings.